The van der Waals surface area contributed by atoms with E-state index in [1.54, 1.807) is 0 Å². The molecule has 4 nitrogen and oxygen atoms in total. The van der Waals surface area contributed by atoms with E-state index in [0.717, 1.165) is 5.75 Å². The zero-order valence-electron chi connectivity index (χ0n) is 6.12. The number of amides is 1. The summed E-state index contributed by atoms with van der Waals surface area (Å²) in [5.41, 5.74) is 0. The molecule has 1 atom stereocenters. The Bertz CT molecular complexity index is 183. The van der Waals surface area contributed by atoms with Crippen molar-refractivity contribution in [2.75, 3.05) is 12.9 Å². The highest BCUT2D eigenvalue weighted by molar-refractivity contribution is 8.14. The molecule has 0 aromatic carbocycles. The van der Waals surface area contributed by atoms with Gasteiger partial charge in [0.15, 0.2) is 0 Å². The topological polar surface area (TPSA) is 55.4 Å². The normalized spacial score (nSPS) is 23.4. The molecule has 0 radical (unpaired) electrons. The summed E-state index contributed by atoms with van der Waals surface area (Å²) in [6.45, 7) is 0. The minimum atomic E-state index is -0.536. The monoisotopic (exact) mass is 175 g/mol. The van der Waals surface area contributed by atoms with Gasteiger partial charge in [0.05, 0.1) is 7.11 Å². The predicted molar refractivity (Wildman–Crippen MR) is 41.4 cm³/mol. The van der Waals surface area contributed by atoms with Crippen LogP contribution in [0.15, 0.2) is 0 Å². The van der Waals surface area contributed by atoms with Gasteiger partial charge in [0.1, 0.15) is 6.04 Å². The highest BCUT2D eigenvalue weighted by Gasteiger charge is 2.26. The summed E-state index contributed by atoms with van der Waals surface area (Å²) in [6, 6.07) is -0.340. The van der Waals surface area contributed by atoms with Crippen LogP contribution < -0.4 is 5.32 Å². The van der Waals surface area contributed by atoms with Crippen molar-refractivity contribution in [1.82, 2.24) is 5.32 Å². The Hall–Kier alpha value is -0.710. The number of hydrogen-bond acceptors (Lipinski definition) is 4. The van der Waals surface area contributed by atoms with E-state index in [4.69, 9.17) is 0 Å². The Labute approximate surface area is 68.7 Å². The Kier molecular flexibility index (Phi) is 2.76. The minimum Gasteiger partial charge on any atom is -0.453 e. The minimum absolute atomic E-state index is 0.0235. The molecule has 1 aliphatic heterocycles. The van der Waals surface area contributed by atoms with E-state index >= 15 is 0 Å². The van der Waals surface area contributed by atoms with Crippen molar-refractivity contribution in [1.29, 1.82) is 0 Å². The first-order valence-corrected chi connectivity index (χ1v) is 4.23. The van der Waals surface area contributed by atoms with E-state index in [9.17, 15) is 9.59 Å². The van der Waals surface area contributed by atoms with Crippen LogP contribution in [0.5, 0.6) is 0 Å². The summed E-state index contributed by atoms with van der Waals surface area (Å²) in [7, 11) is 1.28. The number of carbonyl (C=O) groups is 2. The van der Waals surface area contributed by atoms with E-state index in [1.165, 1.54) is 18.9 Å². The summed E-state index contributed by atoms with van der Waals surface area (Å²) >= 11 is 1.25. The van der Waals surface area contributed by atoms with Crippen LogP contribution >= 0.6 is 11.8 Å². The van der Waals surface area contributed by atoms with Crippen molar-refractivity contribution in [3.05, 3.63) is 0 Å². The quantitative estimate of drug-likeness (QED) is 0.625. The predicted octanol–water partition coefficient (Wildman–Crippen LogP) is 0.375. The maximum absolute atomic E-state index is 10.9. The summed E-state index contributed by atoms with van der Waals surface area (Å²) < 4.78 is 4.35. The molecule has 0 saturated carbocycles. The van der Waals surface area contributed by atoms with Crippen molar-refractivity contribution >= 4 is 23.0 Å². The van der Waals surface area contributed by atoms with Crippen LogP contribution in [0, 0.1) is 0 Å². The fourth-order valence-corrected chi connectivity index (χ4v) is 1.76. The molecule has 0 aliphatic carbocycles. The number of nitrogens with one attached hydrogen (secondary N) is 1. The van der Waals surface area contributed by atoms with E-state index in [1.807, 2.05) is 0 Å². The highest BCUT2D eigenvalue weighted by atomic mass is 32.2. The van der Waals surface area contributed by atoms with Crippen LogP contribution in [0.25, 0.3) is 0 Å². The second-order valence-electron chi connectivity index (χ2n) is 2.14. The Balaban J connectivity index is 2.36. The number of methoxy groups -OCH3 is 1. The zero-order chi connectivity index (χ0) is 8.27. The van der Waals surface area contributed by atoms with Crippen LogP contribution in [-0.2, 0) is 9.53 Å². The maximum atomic E-state index is 10.9. The van der Waals surface area contributed by atoms with Crippen molar-refractivity contribution in [2.24, 2.45) is 0 Å². The Morgan fingerprint density at radius 3 is 3.00 bits per heavy atom. The molecule has 1 amide bonds. The molecule has 1 N–H and O–H groups in total. The molecule has 1 heterocycles. The van der Waals surface area contributed by atoms with E-state index < -0.39 is 6.09 Å². The Morgan fingerprint density at radius 2 is 2.55 bits per heavy atom. The van der Waals surface area contributed by atoms with Gasteiger partial charge in [-0.2, -0.15) is 0 Å². The first kappa shape index (κ1) is 8.39. The van der Waals surface area contributed by atoms with Gasteiger partial charge < -0.3 is 10.1 Å². The fourth-order valence-electron chi connectivity index (χ4n) is 0.828. The van der Waals surface area contributed by atoms with Crippen LogP contribution in [0.3, 0.4) is 0 Å². The molecule has 0 aromatic rings. The van der Waals surface area contributed by atoms with Crippen LogP contribution in [0.1, 0.15) is 6.42 Å². The average Bonchev–Trinajstić information content (AvgIpc) is 2.37. The molecule has 62 valence electrons. The first-order chi connectivity index (χ1) is 5.24. The second kappa shape index (κ2) is 3.61. The number of hydrogen-bond donors (Lipinski definition) is 1. The van der Waals surface area contributed by atoms with Crippen LogP contribution in [0.4, 0.5) is 4.79 Å². The van der Waals surface area contributed by atoms with E-state index in [2.05, 4.69) is 10.1 Å². The molecule has 0 bridgehead atoms. The van der Waals surface area contributed by atoms with E-state index in [-0.39, 0.29) is 11.2 Å². The van der Waals surface area contributed by atoms with Gasteiger partial charge in [-0.15, -0.1) is 0 Å². The maximum Gasteiger partial charge on any atom is 0.407 e. The number of thioether (sulfide) groups is 1. The standard InChI is InChI=1S/C6H9NO3S/c1-10-6(9)7-4-2-3-11-5(4)8/h4H,2-3H2,1H3,(H,7,9). The van der Waals surface area contributed by atoms with Crippen LogP contribution in [-0.4, -0.2) is 30.1 Å². The lowest BCUT2D eigenvalue weighted by molar-refractivity contribution is -0.112. The number of ether oxygens (including phenoxy) is 1. The average molecular weight is 175 g/mol. The first-order valence-electron chi connectivity index (χ1n) is 3.25. The third-order valence-corrected chi connectivity index (χ3v) is 2.42. The largest absolute Gasteiger partial charge is 0.453 e. The summed E-state index contributed by atoms with van der Waals surface area (Å²) in [5, 5.41) is 2.47. The van der Waals surface area contributed by atoms with Gasteiger partial charge in [0.2, 0.25) is 5.12 Å². The molecule has 1 fully saturated rings. The summed E-state index contributed by atoms with van der Waals surface area (Å²) in [6.07, 6.45) is 0.171. The molecule has 11 heavy (non-hydrogen) atoms. The smallest absolute Gasteiger partial charge is 0.407 e. The lowest BCUT2D eigenvalue weighted by Crippen LogP contribution is -2.36. The third-order valence-electron chi connectivity index (χ3n) is 1.41. The van der Waals surface area contributed by atoms with Gasteiger partial charge in [-0.3, -0.25) is 4.79 Å². The van der Waals surface area contributed by atoms with E-state index in [0.29, 0.717) is 6.42 Å². The molecule has 1 saturated heterocycles. The summed E-state index contributed by atoms with van der Waals surface area (Å²) in [5.74, 6) is 0.785. The zero-order valence-corrected chi connectivity index (χ0v) is 6.94. The van der Waals surface area contributed by atoms with Gasteiger partial charge in [0.25, 0.3) is 0 Å². The lowest BCUT2D eigenvalue weighted by Gasteiger charge is -2.07. The van der Waals surface area contributed by atoms with Crippen molar-refractivity contribution in [3.63, 3.8) is 0 Å². The molecular formula is C6H9NO3S. The van der Waals surface area contributed by atoms with Gasteiger partial charge in [-0.25, -0.2) is 4.79 Å². The van der Waals surface area contributed by atoms with Gasteiger partial charge in [-0.05, 0) is 6.42 Å². The van der Waals surface area contributed by atoms with Crippen molar-refractivity contribution < 1.29 is 14.3 Å². The number of alkyl carbamates (subject to hydrolysis) is 1. The molecule has 0 aromatic heterocycles. The molecular weight excluding hydrogens is 166 g/mol. The molecule has 5 heteroatoms. The van der Waals surface area contributed by atoms with Gasteiger partial charge in [-0.1, -0.05) is 11.8 Å². The van der Waals surface area contributed by atoms with Crippen molar-refractivity contribution in [2.45, 2.75) is 12.5 Å². The molecule has 1 aliphatic rings. The third kappa shape index (κ3) is 2.11. The lowest BCUT2D eigenvalue weighted by atomic mass is 10.3. The van der Waals surface area contributed by atoms with Gasteiger partial charge >= 0.3 is 6.09 Å². The number of carbonyl (C=O) groups excluding carboxylic acids is 2. The highest BCUT2D eigenvalue weighted by Crippen LogP contribution is 2.19. The SMILES string of the molecule is COC(=O)NC1CCSC1=O. The fraction of sp³-hybridized carbons (Fsp3) is 0.667. The number of rotatable bonds is 1. The summed E-state index contributed by atoms with van der Waals surface area (Å²) in [4.78, 5) is 21.5. The van der Waals surface area contributed by atoms with Crippen LogP contribution in [0.2, 0.25) is 0 Å². The second-order valence-corrected chi connectivity index (χ2v) is 3.24. The molecule has 1 rings (SSSR count). The molecule has 0 spiro atoms. The van der Waals surface area contributed by atoms with Gasteiger partial charge in [0, 0.05) is 5.75 Å². The Morgan fingerprint density at radius 1 is 1.82 bits per heavy atom. The van der Waals surface area contributed by atoms with Crippen molar-refractivity contribution in [3.8, 4) is 0 Å². The molecule has 1 unspecified atom stereocenters.